The zero-order chi connectivity index (χ0) is 16.2. The van der Waals surface area contributed by atoms with Gasteiger partial charge in [-0.2, -0.15) is 0 Å². The van der Waals surface area contributed by atoms with Crippen LogP contribution in [0.15, 0.2) is 18.2 Å². The fourth-order valence-corrected chi connectivity index (χ4v) is 2.78. The molecule has 1 aromatic rings. The molecule has 0 spiro atoms. The monoisotopic (exact) mass is 337 g/mol. The summed E-state index contributed by atoms with van der Waals surface area (Å²) >= 11 is 5.45. The van der Waals surface area contributed by atoms with Gasteiger partial charge in [0.25, 0.3) is 0 Å². The largest absolute Gasteiger partial charge is 0.454 e. The molecular formula is C15H19N3O4S. The number of amides is 1. The first-order chi connectivity index (χ1) is 11.2. The quantitative estimate of drug-likeness (QED) is 0.827. The van der Waals surface area contributed by atoms with Gasteiger partial charge in [-0.15, -0.1) is 0 Å². The summed E-state index contributed by atoms with van der Waals surface area (Å²) < 4.78 is 15.6. The second-order valence-corrected chi connectivity index (χ2v) is 5.56. The number of ether oxygens (including phenoxy) is 3. The number of hydrogen-bond acceptors (Lipinski definition) is 5. The van der Waals surface area contributed by atoms with Crippen molar-refractivity contribution in [2.24, 2.45) is 0 Å². The molecule has 23 heavy (non-hydrogen) atoms. The van der Waals surface area contributed by atoms with E-state index in [1.165, 1.54) is 0 Å². The van der Waals surface area contributed by atoms with Crippen LogP contribution in [0.3, 0.4) is 0 Å². The standard InChI is InChI=1S/C15H19N3O4S/c1-2-20-15(19)18-7-5-17(6-8-18)14(23)16-11-3-4-12-13(9-11)22-10-21-12/h3-4,9H,2,5-8,10H2,1H3,(H,16,23). The summed E-state index contributed by atoms with van der Waals surface area (Å²) in [7, 11) is 0. The number of hydrogen-bond donors (Lipinski definition) is 1. The Hall–Kier alpha value is -2.22. The summed E-state index contributed by atoms with van der Waals surface area (Å²) in [6.45, 7) is 4.99. The van der Waals surface area contributed by atoms with Crippen LogP contribution in [0.4, 0.5) is 10.5 Å². The lowest BCUT2D eigenvalue weighted by molar-refractivity contribution is 0.0923. The van der Waals surface area contributed by atoms with Crippen LogP contribution in [-0.2, 0) is 4.74 Å². The van der Waals surface area contributed by atoms with E-state index in [1.54, 1.807) is 11.8 Å². The Kier molecular flexibility index (Phi) is 4.71. The van der Waals surface area contributed by atoms with Crippen molar-refractivity contribution in [1.82, 2.24) is 9.80 Å². The number of nitrogens with zero attached hydrogens (tertiary/aromatic N) is 2. The molecule has 7 nitrogen and oxygen atoms in total. The van der Waals surface area contributed by atoms with Gasteiger partial charge in [0.05, 0.1) is 6.61 Å². The molecular weight excluding hydrogens is 318 g/mol. The maximum atomic E-state index is 11.7. The zero-order valence-corrected chi connectivity index (χ0v) is 13.7. The highest BCUT2D eigenvalue weighted by molar-refractivity contribution is 7.80. The van der Waals surface area contributed by atoms with Gasteiger partial charge < -0.3 is 29.3 Å². The summed E-state index contributed by atoms with van der Waals surface area (Å²) in [4.78, 5) is 15.4. The third kappa shape index (κ3) is 3.58. The molecule has 0 atom stereocenters. The average Bonchev–Trinajstić information content (AvgIpc) is 3.03. The second kappa shape index (κ2) is 6.91. The number of carbonyl (C=O) groups excluding carboxylic acids is 1. The van der Waals surface area contributed by atoms with Crippen LogP contribution < -0.4 is 14.8 Å². The van der Waals surface area contributed by atoms with E-state index in [9.17, 15) is 4.79 Å². The van der Waals surface area contributed by atoms with Crippen LogP contribution in [0.1, 0.15) is 6.92 Å². The molecule has 2 aliphatic rings. The van der Waals surface area contributed by atoms with Crippen molar-refractivity contribution in [1.29, 1.82) is 0 Å². The van der Waals surface area contributed by atoms with Crippen LogP contribution in [0.5, 0.6) is 11.5 Å². The van der Waals surface area contributed by atoms with Crippen molar-refractivity contribution in [2.75, 3.05) is 44.9 Å². The van der Waals surface area contributed by atoms with E-state index in [2.05, 4.69) is 5.32 Å². The lowest BCUT2D eigenvalue weighted by Crippen LogP contribution is -2.51. The number of rotatable bonds is 2. The topological polar surface area (TPSA) is 63.3 Å². The average molecular weight is 337 g/mol. The fraction of sp³-hybridized carbons (Fsp3) is 0.467. The molecule has 1 amide bonds. The van der Waals surface area contributed by atoms with Gasteiger partial charge in [0, 0.05) is 37.9 Å². The van der Waals surface area contributed by atoms with Gasteiger partial charge in [0.2, 0.25) is 6.79 Å². The molecule has 0 unspecified atom stereocenters. The van der Waals surface area contributed by atoms with Crippen molar-refractivity contribution in [3.63, 3.8) is 0 Å². The van der Waals surface area contributed by atoms with Gasteiger partial charge in [0.1, 0.15) is 0 Å². The van der Waals surface area contributed by atoms with Crippen molar-refractivity contribution in [3.8, 4) is 11.5 Å². The van der Waals surface area contributed by atoms with Gasteiger partial charge in [-0.25, -0.2) is 4.79 Å². The van der Waals surface area contributed by atoms with Gasteiger partial charge in [-0.1, -0.05) is 0 Å². The molecule has 2 aliphatic heterocycles. The Morgan fingerprint density at radius 3 is 2.65 bits per heavy atom. The number of benzene rings is 1. The molecule has 1 N–H and O–H groups in total. The molecule has 0 bridgehead atoms. The molecule has 0 saturated carbocycles. The number of fused-ring (bicyclic) bond motifs is 1. The lowest BCUT2D eigenvalue weighted by atomic mass is 10.3. The molecule has 124 valence electrons. The predicted molar refractivity (Wildman–Crippen MR) is 89.0 cm³/mol. The molecule has 2 heterocycles. The Bertz CT molecular complexity index is 602. The minimum Gasteiger partial charge on any atom is -0.454 e. The van der Waals surface area contributed by atoms with E-state index in [4.69, 9.17) is 26.4 Å². The van der Waals surface area contributed by atoms with E-state index in [0.29, 0.717) is 43.6 Å². The highest BCUT2D eigenvalue weighted by Crippen LogP contribution is 2.34. The normalized spacial score (nSPS) is 16.2. The van der Waals surface area contributed by atoms with Crippen molar-refractivity contribution >= 4 is 29.1 Å². The SMILES string of the molecule is CCOC(=O)N1CCN(C(=S)Nc2ccc3c(c2)OCO3)CC1. The lowest BCUT2D eigenvalue weighted by Gasteiger charge is -2.35. The van der Waals surface area contributed by atoms with Gasteiger partial charge in [0.15, 0.2) is 16.6 Å². The third-order valence-electron chi connectivity index (χ3n) is 3.72. The first kappa shape index (κ1) is 15.7. The van der Waals surface area contributed by atoms with E-state index >= 15 is 0 Å². The van der Waals surface area contributed by atoms with Gasteiger partial charge in [-0.05, 0) is 31.3 Å². The minimum absolute atomic E-state index is 0.249. The molecule has 0 aliphatic carbocycles. The summed E-state index contributed by atoms with van der Waals surface area (Å²) in [6, 6.07) is 5.62. The zero-order valence-electron chi connectivity index (χ0n) is 12.9. The predicted octanol–water partition coefficient (Wildman–Crippen LogP) is 1.89. The Morgan fingerprint density at radius 2 is 1.91 bits per heavy atom. The Morgan fingerprint density at radius 1 is 1.22 bits per heavy atom. The number of anilines is 1. The fourth-order valence-electron chi connectivity index (χ4n) is 2.48. The van der Waals surface area contributed by atoms with E-state index in [-0.39, 0.29) is 12.9 Å². The molecule has 3 rings (SSSR count). The van der Waals surface area contributed by atoms with Crippen LogP contribution in [0.25, 0.3) is 0 Å². The number of piperazine rings is 1. The van der Waals surface area contributed by atoms with Gasteiger partial charge >= 0.3 is 6.09 Å². The first-order valence-corrected chi connectivity index (χ1v) is 7.95. The van der Waals surface area contributed by atoms with Crippen LogP contribution >= 0.6 is 12.2 Å². The summed E-state index contributed by atoms with van der Waals surface area (Å²) in [6.07, 6.45) is -0.262. The smallest absolute Gasteiger partial charge is 0.409 e. The van der Waals surface area contributed by atoms with E-state index in [0.717, 1.165) is 11.4 Å². The number of nitrogens with one attached hydrogen (secondary N) is 1. The maximum absolute atomic E-state index is 11.7. The highest BCUT2D eigenvalue weighted by atomic mass is 32.1. The van der Waals surface area contributed by atoms with Crippen molar-refractivity contribution in [2.45, 2.75) is 6.92 Å². The number of carbonyl (C=O) groups is 1. The molecule has 8 heteroatoms. The highest BCUT2D eigenvalue weighted by Gasteiger charge is 2.23. The maximum Gasteiger partial charge on any atom is 0.409 e. The van der Waals surface area contributed by atoms with Gasteiger partial charge in [-0.3, -0.25) is 0 Å². The molecule has 0 radical (unpaired) electrons. The first-order valence-electron chi connectivity index (χ1n) is 7.54. The molecule has 1 fully saturated rings. The minimum atomic E-state index is -0.262. The number of thiocarbonyl (C=S) groups is 1. The summed E-state index contributed by atoms with van der Waals surface area (Å²) in [5.41, 5.74) is 0.854. The molecule has 0 aromatic heterocycles. The van der Waals surface area contributed by atoms with Crippen LogP contribution in [-0.4, -0.2) is 60.6 Å². The summed E-state index contributed by atoms with van der Waals surface area (Å²) in [5.74, 6) is 1.45. The van der Waals surface area contributed by atoms with Crippen molar-refractivity contribution in [3.05, 3.63) is 18.2 Å². The molecule has 1 aromatic carbocycles. The molecule has 1 saturated heterocycles. The van der Waals surface area contributed by atoms with Crippen LogP contribution in [0, 0.1) is 0 Å². The van der Waals surface area contributed by atoms with E-state index in [1.807, 2.05) is 23.1 Å². The Balaban J connectivity index is 1.53. The third-order valence-corrected chi connectivity index (χ3v) is 4.08. The van der Waals surface area contributed by atoms with E-state index < -0.39 is 0 Å². The van der Waals surface area contributed by atoms with Crippen molar-refractivity contribution < 1.29 is 19.0 Å². The Labute approximate surface area is 140 Å². The van der Waals surface area contributed by atoms with Crippen LogP contribution in [0.2, 0.25) is 0 Å². The summed E-state index contributed by atoms with van der Waals surface area (Å²) in [5, 5.41) is 3.83. The second-order valence-electron chi connectivity index (χ2n) is 5.17.